The van der Waals surface area contributed by atoms with Gasteiger partial charge in [0.05, 0.1) is 23.2 Å². The van der Waals surface area contributed by atoms with E-state index in [1.807, 2.05) is 36.2 Å². The lowest BCUT2D eigenvalue weighted by Crippen LogP contribution is -2.59. The third-order valence-electron chi connectivity index (χ3n) is 9.73. The number of aromatic nitrogens is 1. The molecular formula is C31H46N4O3S. The Morgan fingerprint density at radius 1 is 1.15 bits per heavy atom. The Bertz CT molecular complexity index is 1250. The Labute approximate surface area is 237 Å². The number of thiophene rings is 1. The average molecular weight is 555 g/mol. The van der Waals surface area contributed by atoms with Gasteiger partial charge in [0.15, 0.2) is 0 Å². The van der Waals surface area contributed by atoms with Crippen LogP contribution < -0.4 is 10.5 Å². The first-order chi connectivity index (χ1) is 18.7. The van der Waals surface area contributed by atoms with Gasteiger partial charge in [-0.25, -0.2) is 0 Å². The number of carbonyl (C=O) groups excluding carboxylic acids is 1. The topological polar surface area (TPSA) is 68.9 Å². The van der Waals surface area contributed by atoms with Crippen molar-refractivity contribution in [1.82, 2.24) is 14.8 Å². The summed E-state index contributed by atoms with van der Waals surface area (Å²) in [5.41, 5.74) is 4.53. The third-order valence-corrected chi connectivity index (χ3v) is 11.2. The van der Waals surface area contributed by atoms with Gasteiger partial charge in [0, 0.05) is 61.0 Å². The summed E-state index contributed by atoms with van der Waals surface area (Å²) in [6, 6.07) is 2.66. The first-order valence-electron chi connectivity index (χ1n) is 14.9. The molecule has 39 heavy (non-hydrogen) atoms. The number of hydrogen-bond donors (Lipinski definition) is 1. The van der Waals surface area contributed by atoms with Gasteiger partial charge >= 0.3 is 0 Å². The van der Waals surface area contributed by atoms with E-state index in [9.17, 15) is 9.59 Å². The average Bonchev–Trinajstić information content (AvgIpc) is 3.12. The fraction of sp³-hybridized carbons (Fsp3) is 0.677. The van der Waals surface area contributed by atoms with Crippen LogP contribution in [-0.2, 0) is 17.7 Å². The van der Waals surface area contributed by atoms with E-state index in [-0.39, 0.29) is 17.0 Å². The molecule has 0 aromatic carbocycles. The lowest BCUT2D eigenvalue weighted by Gasteiger charge is -2.51. The molecule has 5 rings (SSSR count). The standard InChI is InChI=1S/C31H46N4O3S/c1-7-31(13-11-23(12-14-31)35-17-24(18-35)38-8-2)33(6)30-22(5)27-26(39-30)10-9-15-34(29(27)37)19-25-20(3)16-21(4)32-28(25)36/h16,23-24H,7-15,17-19H2,1-6H3,(H,32,36). The Kier molecular flexibility index (Phi) is 8.28. The molecule has 2 aromatic rings. The molecule has 0 unspecified atom stereocenters. The Hall–Kier alpha value is -2.16. The minimum atomic E-state index is -0.0839. The van der Waals surface area contributed by atoms with Crippen molar-refractivity contribution >= 4 is 22.2 Å². The summed E-state index contributed by atoms with van der Waals surface area (Å²) in [5.74, 6) is 0.0752. The van der Waals surface area contributed by atoms with Crippen LogP contribution in [0.2, 0.25) is 0 Å². The van der Waals surface area contributed by atoms with Crippen molar-refractivity contribution in [3.8, 4) is 0 Å². The number of carbonyl (C=O) groups is 1. The highest BCUT2D eigenvalue weighted by atomic mass is 32.1. The molecule has 1 aliphatic carbocycles. The van der Waals surface area contributed by atoms with Crippen molar-refractivity contribution in [2.45, 2.75) is 104 Å². The number of nitrogens with zero attached hydrogens (tertiary/aromatic N) is 3. The van der Waals surface area contributed by atoms with Crippen LogP contribution in [0.5, 0.6) is 0 Å². The number of aromatic amines is 1. The number of fused-ring (bicyclic) bond motifs is 1. The number of aryl methyl sites for hydroxylation is 3. The Balaban J connectivity index is 1.33. The summed E-state index contributed by atoms with van der Waals surface area (Å²) in [4.78, 5) is 37.8. The zero-order valence-electron chi connectivity index (χ0n) is 24.7. The van der Waals surface area contributed by atoms with Crippen molar-refractivity contribution in [3.63, 3.8) is 0 Å². The molecule has 0 spiro atoms. The molecule has 1 amide bonds. The lowest BCUT2D eigenvalue weighted by molar-refractivity contribution is -0.0762. The van der Waals surface area contributed by atoms with Gasteiger partial charge in [0.25, 0.3) is 11.5 Å². The van der Waals surface area contributed by atoms with E-state index < -0.39 is 0 Å². The second kappa shape index (κ2) is 11.4. The van der Waals surface area contributed by atoms with Gasteiger partial charge in [-0.2, -0.15) is 0 Å². The molecule has 2 aromatic heterocycles. The quantitative estimate of drug-likeness (QED) is 0.486. The van der Waals surface area contributed by atoms with Gasteiger partial charge in [-0.15, -0.1) is 11.3 Å². The van der Waals surface area contributed by atoms with E-state index in [0.717, 1.165) is 61.3 Å². The van der Waals surface area contributed by atoms with Crippen LogP contribution in [-0.4, -0.2) is 71.7 Å². The first kappa shape index (κ1) is 28.4. The minimum Gasteiger partial charge on any atom is -0.376 e. The summed E-state index contributed by atoms with van der Waals surface area (Å²) in [6.45, 7) is 14.4. The predicted molar refractivity (Wildman–Crippen MR) is 159 cm³/mol. The van der Waals surface area contributed by atoms with E-state index >= 15 is 0 Å². The van der Waals surface area contributed by atoms with Crippen molar-refractivity contribution in [3.05, 3.63) is 49.2 Å². The van der Waals surface area contributed by atoms with Gasteiger partial charge in [-0.3, -0.25) is 14.5 Å². The summed E-state index contributed by atoms with van der Waals surface area (Å²) in [7, 11) is 2.26. The van der Waals surface area contributed by atoms with Crippen LogP contribution in [0.4, 0.5) is 5.00 Å². The van der Waals surface area contributed by atoms with Crippen LogP contribution in [0, 0.1) is 20.8 Å². The Morgan fingerprint density at radius 3 is 2.51 bits per heavy atom. The molecule has 3 aliphatic rings. The van der Waals surface area contributed by atoms with Crippen LogP contribution >= 0.6 is 11.3 Å². The molecule has 0 bridgehead atoms. The van der Waals surface area contributed by atoms with E-state index in [2.05, 4.69) is 42.6 Å². The van der Waals surface area contributed by atoms with Gasteiger partial charge < -0.3 is 19.5 Å². The Morgan fingerprint density at radius 2 is 1.87 bits per heavy atom. The van der Waals surface area contributed by atoms with Crippen LogP contribution in [0.3, 0.4) is 0 Å². The molecule has 0 atom stereocenters. The van der Waals surface area contributed by atoms with Crippen LogP contribution in [0.1, 0.15) is 90.0 Å². The second-order valence-electron chi connectivity index (χ2n) is 12.0. The molecule has 7 nitrogen and oxygen atoms in total. The highest BCUT2D eigenvalue weighted by Gasteiger charge is 2.43. The lowest BCUT2D eigenvalue weighted by atomic mass is 9.75. The zero-order valence-corrected chi connectivity index (χ0v) is 25.5. The minimum absolute atomic E-state index is 0.0752. The van der Waals surface area contributed by atoms with Crippen molar-refractivity contribution in [2.75, 3.05) is 38.2 Å². The summed E-state index contributed by atoms with van der Waals surface area (Å²) < 4.78 is 5.79. The van der Waals surface area contributed by atoms with Crippen molar-refractivity contribution < 1.29 is 9.53 Å². The summed E-state index contributed by atoms with van der Waals surface area (Å²) in [5, 5.41) is 1.25. The van der Waals surface area contributed by atoms with E-state index in [4.69, 9.17) is 4.74 Å². The molecular weight excluding hydrogens is 508 g/mol. The molecule has 8 heteroatoms. The first-order valence-corrected chi connectivity index (χ1v) is 15.7. The molecule has 214 valence electrons. The maximum atomic E-state index is 13.9. The van der Waals surface area contributed by atoms with Gasteiger partial charge in [-0.05, 0) is 89.8 Å². The smallest absolute Gasteiger partial charge is 0.255 e. The SMILES string of the molecule is CCOC1CN(C2CCC(CC)(N(C)c3sc4c(c3C)C(=O)N(Cc3c(C)cc(C)[nH]c3=O)CCC4)CC2)C1. The number of hydrogen-bond acceptors (Lipinski definition) is 6. The van der Waals surface area contributed by atoms with Crippen LogP contribution in [0.15, 0.2) is 10.9 Å². The number of ether oxygens (including phenoxy) is 1. The number of H-pyrrole nitrogens is 1. The number of amides is 1. The van der Waals surface area contributed by atoms with Crippen molar-refractivity contribution in [2.24, 2.45) is 0 Å². The highest BCUT2D eigenvalue weighted by molar-refractivity contribution is 7.16. The van der Waals surface area contributed by atoms with Gasteiger partial charge in [-0.1, -0.05) is 6.92 Å². The van der Waals surface area contributed by atoms with E-state index in [1.165, 1.54) is 35.6 Å². The monoisotopic (exact) mass is 554 g/mol. The number of nitrogens with one attached hydrogen (secondary N) is 1. The van der Waals surface area contributed by atoms with Gasteiger partial charge in [0.1, 0.15) is 0 Å². The molecule has 1 N–H and O–H groups in total. The molecule has 1 saturated heterocycles. The van der Waals surface area contributed by atoms with E-state index in [1.54, 1.807) is 0 Å². The summed E-state index contributed by atoms with van der Waals surface area (Å²) in [6.07, 6.45) is 8.16. The fourth-order valence-corrected chi connectivity index (χ4v) is 8.61. The number of rotatable bonds is 8. The maximum Gasteiger partial charge on any atom is 0.255 e. The largest absolute Gasteiger partial charge is 0.376 e. The molecule has 2 fully saturated rings. The van der Waals surface area contributed by atoms with E-state index in [0.29, 0.717) is 30.8 Å². The zero-order chi connectivity index (χ0) is 27.9. The maximum absolute atomic E-state index is 13.9. The third kappa shape index (κ3) is 5.32. The highest BCUT2D eigenvalue weighted by Crippen LogP contribution is 2.46. The fourth-order valence-electron chi connectivity index (χ4n) is 7.20. The molecule has 0 radical (unpaired) electrons. The molecule has 4 heterocycles. The summed E-state index contributed by atoms with van der Waals surface area (Å²) >= 11 is 1.82. The second-order valence-corrected chi connectivity index (χ2v) is 13.1. The van der Waals surface area contributed by atoms with Crippen molar-refractivity contribution in [1.29, 1.82) is 0 Å². The number of likely N-dealkylation sites (tertiary alicyclic amines) is 1. The molecule has 2 aliphatic heterocycles. The number of anilines is 1. The van der Waals surface area contributed by atoms with Crippen LogP contribution in [0.25, 0.3) is 0 Å². The number of pyridine rings is 1. The molecule has 1 saturated carbocycles. The predicted octanol–water partition coefficient (Wildman–Crippen LogP) is 5.20. The normalized spacial score (nSPS) is 24.4. The van der Waals surface area contributed by atoms with Gasteiger partial charge in [0.2, 0.25) is 0 Å².